The van der Waals surface area contributed by atoms with Gasteiger partial charge in [0.2, 0.25) is 5.91 Å². The largest absolute Gasteiger partial charge is 0.497 e. The number of nitrogens with one attached hydrogen (secondary N) is 3. The highest BCUT2D eigenvalue weighted by Crippen LogP contribution is 2.38. The van der Waals surface area contributed by atoms with E-state index in [0.29, 0.717) is 22.3 Å². The average molecular weight is 544 g/mol. The Morgan fingerprint density at radius 1 is 0.737 bits per heavy atom. The van der Waals surface area contributed by atoms with Gasteiger partial charge >= 0.3 is 0 Å². The van der Waals surface area contributed by atoms with Crippen LogP contribution in [0.3, 0.4) is 0 Å². The Labute approximate surface area is 232 Å². The molecule has 4 aromatic carbocycles. The van der Waals surface area contributed by atoms with E-state index < -0.39 is 5.25 Å². The van der Waals surface area contributed by atoms with Crippen molar-refractivity contribution in [2.24, 2.45) is 0 Å². The topological polar surface area (TPSA) is 71.6 Å². The number of methoxy groups -OCH3 is 2. The summed E-state index contributed by atoms with van der Waals surface area (Å²) in [5, 5.41) is 9.44. The maximum atomic E-state index is 13.5. The number of ether oxygens (including phenoxy) is 2. The normalized spacial score (nSPS) is 11.2. The number of thioether (sulfide) groups is 1. The van der Waals surface area contributed by atoms with Gasteiger partial charge in [0.25, 0.3) is 0 Å². The van der Waals surface area contributed by atoms with Gasteiger partial charge in [0.1, 0.15) is 16.7 Å². The van der Waals surface area contributed by atoms with Crippen molar-refractivity contribution in [1.82, 2.24) is 0 Å². The highest BCUT2D eigenvalue weighted by molar-refractivity contribution is 8.00. The van der Waals surface area contributed by atoms with E-state index in [2.05, 4.69) is 16.0 Å². The summed E-state index contributed by atoms with van der Waals surface area (Å²) in [7, 11) is 3.15. The van der Waals surface area contributed by atoms with Gasteiger partial charge in [-0.15, -0.1) is 11.8 Å². The third-order valence-electron chi connectivity index (χ3n) is 5.61. The second-order valence-electron chi connectivity index (χ2n) is 8.47. The maximum Gasteiger partial charge on any atom is 0.242 e. The maximum absolute atomic E-state index is 13.5. The number of benzene rings is 4. The third-order valence-corrected chi connectivity index (χ3v) is 7.07. The lowest BCUT2D eigenvalue weighted by molar-refractivity contribution is -0.115. The van der Waals surface area contributed by atoms with Crippen LogP contribution in [0, 0.1) is 6.92 Å². The monoisotopic (exact) mass is 543 g/mol. The fourth-order valence-electron chi connectivity index (χ4n) is 3.70. The summed E-state index contributed by atoms with van der Waals surface area (Å²) in [4.78, 5) is 14.5. The molecule has 0 saturated heterocycles. The van der Waals surface area contributed by atoms with Gasteiger partial charge in [0, 0.05) is 40.2 Å². The first-order valence-corrected chi connectivity index (χ1v) is 13.2. The lowest BCUT2D eigenvalue weighted by atomic mass is 10.1. The van der Waals surface area contributed by atoms with E-state index in [-0.39, 0.29) is 5.91 Å². The lowest BCUT2D eigenvalue weighted by Crippen LogP contribution is -2.19. The molecule has 1 unspecified atom stereocenters. The summed E-state index contributed by atoms with van der Waals surface area (Å²) in [5.74, 6) is 1.03. The van der Waals surface area contributed by atoms with Crippen molar-refractivity contribution in [2.75, 3.05) is 30.2 Å². The number of thiocarbonyl (C=S) groups is 1. The molecule has 0 heterocycles. The van der Waals surface area contributed by atoms with Gasteiger partial charge in [-0.3, -0.25) is 4.79 Å². The van der Waals surface area contributed by atoms with E-state index in [1.54, 1.807) is 32.4 Å². The zero-order chi connectivity index (χ0) is 26.9. The van der Waals surface area contributed by atoms with Gasteiger partial charge in [0.05, 0.1) is 14.2 Å². The predicted octanol–water partition coefficient (Wildman–Crippen LogP) is 7.29. The third kappa shape index (κ3) is 7.50. The zero-order valence-corrected chi connectivity index (χ0v) is 23.0. The summed E-state index contributed by atoms with van der Waals surface area (Å²) in [6.45, 7) is 2.04. The number of carbonyl (C=O) groups is 1. The van der Waals surface area contributed by atoms with Crippen molar-refractivity contribution < 1.29 is 14.3 Å². The molecule has 4 rings (SSSR count). The second kappa shape index (κ2) is 13.0. The molecule has 8 heteroatoms. The number of anilines is 3. The molecule has 0 radical (unpaired) electrons. The smallest absolute Gasteiger partial charge is 0.242 e. The molecule has 1 atom stereocenters. The molecule has 4 aromatic rings. The van der Waals surface area contributed by atoms with E-state index in [1.165, 1.54) is 17.3 Å². The lowest BCUT2D eigenvalue weighted by Gasteiger charge is -2.18. The average Bonchev–Trinajstić information content (AvgIpc) is 2.93. The van der Waals surface area contributed by atoms with E-state index in [4.69, 9.17) is 21.7 Å². The quantitative estimate of drug-likeness (QED) is 0.151. The van der Waals surface area contributed by atoms with Crippen LogP contribution in [0.2, 0.25) is 0 Å². The standard InChI is InChI=1S/C30H29N3O3S2/c1-20-12-14-22(15-13-20)32-30(37)33-23-10-7-11-27(18-23)38-28(21-8-5-4-6-9-21)29(34)31-24-16-25(35-2)19-26(17-24)36-3/h4-19,28H,1-3H3,(H,31,34)(H2,32,33,37). The first-order chi connectivity index (χ1) is 18.4. The molecule has 0 saturated carbocycles. The molecule has 1 amide bonds. The molecular weight excluding hydrogens is 514 g/mol. The van der Waals surface area contributed by atoms with Crippen LogP contribution < -0.4 is 25.4 Å². The fraction of sp³-hybridized carbons (Fsp3) is 0.133. The Bertz CT molecular complexity index is 1370. The Hall–Kier alpha value is -4.01. The summed E-state index contributed by atoms with van der Waals surface area (Å²) >= 11 is 6.96. The van der Waals surface area contributed by atoms with Crippen molar-refractivity contribution in [1.29, 1.82) is 0 Å². The van der Waals surface area contributed by atoms with Gasteiger partial charge in [-0.2, -0.15) is 0 Å². The van der Waals surface area contributed by atoms with Gasteiger partial charge in [-0.25, -0.2) is 0 Å². The second-order valence-corrected chi connectivity index (χ2v) is 10.1. The van der Waals surface area contributed by atoms with E-state index in [9.17, 15) is 4.79 Å². The first-order valence-electron chi connectivity index (χ1n) is 11.9. The molecule has 0 fully saturated rings. The van der Waals surface area contributed by atoms with Crippen LogP contribution in [0.25, 0.3) is 0 Å². The molecular formula is C30H29N3O3S2. The molecule has 38 heavy (non-hydrogen) atoms. The van der Waals surface area contributed by atoms with Crippen LogP contribution in [0.4, 0.5) is 17.1 Å². The summed E-state index contributed by atoms with van der Waals surface area (Å²) in [6.07, 6.45) is 0. The van der Waals surface area contributed by atoms with Crippen LogP contribution in [0.1, 0.15) is 16.4 Å². The number of aryl methyl sites for hydroxylation is 1. The molecule has 6 nitrogen and oxygen atoms in total. The molecule has 0 spiro atoms. The Balaban J connectivity index is 1.51. The Morgan fingerprint density at radius 3 is 2.05 bits per heavy atom. The summed E-state index contributed by atoms with van der Waals surface area (Å²) in [6, 6.07) is 30.8. The van der Waals surface area contributed by atoms with Crippen LogP contribution in [0.15, 0.2) is 102 Å². The highest BCUT2D eigenvalue weighted by Gasteiger charge is 2.23. The van der Waals surface area contributed by atoms with E-state index in [1.807, 2.05) is 85.8 Å². The molecule has 0 aromatic heterocycles. The van der Waals surface area contributed by atoms with Crippen LogP contribution in [-0.2, 0) is 4.79 Å². The van der Waals surface area contributed by atoms with Crippen molar-refractivity contribution in [3.63, 3.8) is 0 Å². The van der Waals surface area contributed by atoms with Gasteiger partial charge < -0.3 is 25.4 Å². The molecule has 0 aliphatic heterocycles. The fourth-order valence-corrected chi connectivity index (χ4v) is 5.02. The molecule has 194 valence electrons. The minimum atomic E-state index is -0.499. The van der Waals surface area contributed by atoms with E-state index in [0.717, 1.165) is 21.8 Å². The summed E-state index contributed by atoms with van der Waals surface area (Å²) in [5.41, 5.74) is 4.40. The highest BCUT2D eigenvalue weighted by atomic mass is 32.2. The number of amides is 1. The predicted molar refractivity (Wildman–Crippen MR) is 161 cm³/mol. The Kier molecular flexibility index (Phi) is 9.24. The van der Waals surface area contributed by atoms with Gasteiger partial charge in [0.15, 0.2) is 5.11 Å². The van der Waals surface area contributed by atoms with Crippen molar-refractivity contribution in [3.8, 4) is 11.5 Å². The zero-order valence-electron chi connectivity index (χ0n) is 21.4. The number of hydrogen-bond acceptors (Lipinski definition) is 5. The number of hydrogen-bond donors (Lipinski definition) is 3. The van der Waals surface area contributed by atoms with Crippen molar-refractivity contribution >= 4 is 52.1 Å². The first kappa shape index (κ1) is 27.0. The molecule has 0 aliphatic rings. The van der Waals surface area contributed by atoms with Crippen LogP contribution >= 0.6 is 24.0 Å². The van der Waals surface area contributed by atoms with E-state index >= 15 is 0 Å². The number of carbonyl (C=O) groups excluding carboxylic acids is 1. The van der Waals surface area contributed by atoms with Gasteiger partial charge in [-0.05, 0) is 55.0 Å². The summed E-state index contributed by atoms with van der Waals surface area (Å²) < 4.78 is 10.7. The molecule has 0 aliphatic carbocycles. The SMILES string of the molecule is COc1cc(NC(=O)C(Sc2cccc(NC(=S)Nc3ccc(C)cc3)c2)c2ccccc2)cc(OC)c1. The van der Waals surface area contributed by atoms with Crippen LogP contribution in [-0.4, -0.2) is 25.2 Å². The molecule has 0 bridgehead atoms. The minimum absolute atomic E-state index is 0.161. The number of rotatable bonds is 9. The van der Waals surface area contributed by atoms with Crippen molar-refractivity contribution in [2.45, 2.75) is 17.1 Å². The molecule has 3 N–H and O–H groups in total. The van der Waals surface area contributed by atoms with Crippen LogP contribution in [0.5, 0.6) is 11.5 Å². The van der Waals surface area contributed by atoms with Crippen molar-refractivity contribution in [3.05, 3.63) is 108 Å². The van der Waals surface area contributed by atoms with Gasteiger partial charge in [-0.1, -0.05) is 54.1 Å². The Morgan fingerprint density at radius 2 is 1.39 bits per heavy atom. The minimum Gasteiger partial charge on any atom is -0.497 e.